The van der Waals surface area contributed by atoms with Gasteiger partial charge in [0.15, 0.2) is 0 Å². The molecule has 0 heterocycles. The standard InChI is InChI=1S/C6H14Cl6Si3/c1-13(2,3-5-14(7,8)9)4-6-15(10,11)12/h3-6H2,1-2H3. The quantitative estimate of drug-likeness (QED) is 0.390. The van der Waals surface area contributed by atoms with E-state index in [1.54, 1.807) is 0 Å². The molecule has 0 atom stereocenters. The molecule has 0 aliphatic rings. The molecule has 0 N–H and O–H groups in total. The van der Waals surface area contributed by atoms with Crippen LogP contribution in [0.3, 0.4) is 0 Å². The molecule has 0 nitrogen and oxygen atoms in total. The highest BCUT2D eigenvalue weighted by atomic mass is 35.8. The maximum atomic E-state index is 5.85. The summed E-state index contributed by atoms with van der Waals surface area (Å²) in [5, 5.41) is 0. The van der Waals surface area contributed by atoms with Crippen molar-refractivity contribution in [3.8, 4) is 0 Å². The first-order valence-electron chi connectivity index (χ1n) is 4.55. The average Bonchev–Trinajstić information content (AvgIpc) is 1.96. The largest absolute Gasteiger partial charge is 0.341 e. The van der Waals surface area contributed by atoms with Crippen molar-refractivity contribution in [2.75, 3.05) is 0 Å². The Balaban J connectivity index is 3.98. The molecule has 0 aromatic heterocycles. The Morgan fingerprint density at radius 3 is 1.07 bits per heavy atom. The van der Waals surface area contributed by atoms with Crippen molar-refractivity contribution in [3.05, 3.63) is 0 Å². The molecule has 0 amide bonds. The smallest absolute Gasteiger partial charge is 0.126 e. The number of halogens is 6. The number of hydrogen-bond donors (Lipinski definition) is 0. The van der Waals surface area contributed by atoms with E-state index in [1.165, 1.54) is 0 Å². The van der Waals surface area contributed by atoms with Crippen LogP contribution in [0.25, 0.3) is 0 Å². The predicted molar refractivity (Wildman–Crippen MR) is 83.3 cm³/mol. The third-order valence-corrected chi connectivity index (χ3v) is 11.4. The molecule has 0 bridgehead atoms. The van der Waals surface area contributed by atoms with Gasteiger partial charge >= 0.3 is 12.0 Å². The first-order valence-corrected chi connectivity index (χ1v) is 18.4. The molecule has 0 aromatic carbocycles. The summed E-state index contributed by atoms with van der Waals surface area (Å²) in [6.07, 6.45) is 0. The Bertz CT molecular complexity index is 176. The Hall–Kier alpha value is 2.39. The van der Waals surface area contributed by atoms with E-state index in [4.69, 9.17) is 66.5 Å². The van der Waals surface area contributed by atoms with Gasteiger partial charge in [0.2, 0.25) is 0 Å². The van der Waals surface area contributed by atoms with Crippen LogP contribution in [0, 0.1) is 0 Å². The van der Waals surface area contributed by atoms with Gasteiger partial charge in [-0.2, -0.15) is 0 Å². The van der Waals surface area contributed by atoms with Gasteiger partial charge in [-0.3, -0.25) is 0 Å². The van der Waals surface area contributed by atoms with Crippen molar-refractivity contribution in [1.82, 2.24) is 0 Å². The van der Waals surface area contributed by atoms with E-state index >= 15 is 0 Å². The van der Waals surface area contributed by atoms with Crippen LogP contribution in [0.15, 0.2) is 0 Å². The van der Waals surface area contributed by atoms with Gasteiger partial charge in [-0.25, -0.2) is 0 Å². The van der Waals surface area contributed by atoms with Crippen LogP contribution in [0.1, 0.15) is 0 Å². The third kappa shape index (κ3) is 12.6. The minimum Gasteiger partial charge on any atom is -0.126 e. The van der Waals surface area contributed by atoms with Crippen LogP contribution in [0.5, 0.6) is 0 Å². The fourth-order valence-electron chi connectivity index (χ4n) is 1.09. The Kier molecular flexibility index (Phi) is 7.57. The zero-order valence-electron chi connectivity index (χ0n) is 8.60. The van der Waals surface area contributed by atoms with Gasteiger partial charge < -0.3 is 0 Å². The molecule has 0 fully saturated rings. The van der Waals surface area contributed by atoms with E-state index < -0.39 is 20.1 Å². The lowest BCUT2D eigenvalue weighted by atomic mass is 10.9. The van der Waals surface area contributed by atoms with Crippen molar-refractivity contribution in [2.24, 2.45) is 0 Å². The van der Waals surface area contributed by atoms with Crippen LogP contribution >= 0.6 is 66.5 Å². The maximum absolute atomic E-state index is 5.85. The fourth-order valence-corrected chi connectivity index (χ4v) is 14.1. The zero-order valence-corrected chi connectivity index (χ0v) is 16.1. The second kappa shape index (κ2) is 6.53. The molecule has 0 radical (unpaired) electrons. The molecule has 0 unspecified atom stereocenters. The van der Waals surface area contributed by atoms with Crippen LogP contribution in [0.4, 0.5) is 0 Å². The van der Waals surface area contributed by atoms with Gasteiger partial charge in [0.25, 0.3) is 0 Å². The molecule has 0 aromatic rings. The Labute approximate surface area is 123 Å². The van der Waals surface area contributed by atoms with E-state index in [9.17, 15) is 0 Å². The Morgan fingerprint density at radius 1 is 0.600 bits per heavy atom. The summed E-state index contributed by atoms with van der Waals surface area (Å²) < 4.78 is 0. The van der Waals surface area contributed by atoms with Crippen molar-refractivity contribution in [1.29, 1.82) is 0 Å². The first-order chi connectivity index (χ1) is 6.41. The molecule has 0 spiro atoms. The summed E-state index contributed by atoms with van der Waals surface area (Å²) in [5.74, 6) is 0. The van der Waals surface area contributed by atoms with E-state index in [0.717, 1.165) is 24.2 Å². The second-order valence-corrected chi connectivity index (χ2v) is 28.3. The summed E-state index contributed by atoms with van der Waals surface area (Å²) in [7, 11) is -1.36. The van der Waals surface area contributed by atoms with Crippen molar-refractivity contribution >= 4 is 86.6 Å². The van der Waals surface area contributed by atoms with Crippen LogP contribution in [-0.4, -0.2) is 20.1 Å². The topological polar surface area (TPSA) is 0 Å². The SMILES string of the molecule is C[Si](C)(CC[Si](Cl)(Cl)Cl)CC[Si](Cl)(Cl)Cl. The summed E-state index contributed by atoms with van der Waals surface area (Å²) in [6, 6.07) is -1.51. The van der Waals surface area contributed by atoms with Gasteiger partial charge in [0.05, 0.1) is 0 Å². The minimum atomic E-state index is -2.48. The normalized spacial score (nSPS) is 14.4. The highest BCUT2D eigenvalue weighted by molar-refractivity contribution is 7.65. The summed E-state index contributed by atoms with van der Waals surface area (Å²) in [6.45, 7) is 4.51. The van der Waals surface area contributed by atoms with Gasteiger partial charge in [0, 0.05) is 8.07 Å². The van der Waals surface area contributed by atoms with Gasteiger partial charge in [0.1, 0.15) is 0 Å². The molecule has 0 rings (SSSR count). The van der Waals surface area contributed by atoms with Crippen molar-refractivity contribution in [3.63, 3.8) is 0 Å². The minimum absolute atomic E-state index is 0.721. The Morgan fingerprint density at radius 2 is 0.867 bits per heavy atom. The van der Waals surface area contributed by atoms with E-state index in [0.29, 0.717) is 0 Å². The fraction of sp³-hybridized carbons (Fsp3) is 1.00. The van der Waals surface area contributed by atoms with Crippen LogP contribution in [-0.2, 0) is 0 Å². The highest BCUT2D eigenvalue weighted by Crippen LogP contribution is 2.35. The predicted octanol–water partition coefficient (Wildman–Crippen LogP) is 6.01. The van der Waals surface area contributed by atoms with E-state index in [2.05, 4.69) is 13.1 Å². The van der Waals surface area contributed by atoms with Crippen LogP contribution in [0.2, 0.25) is 37.3 Å². The zero-order chi connectivity index (χ0) is 12.3. The highest BCUT2D eigenvalue weighted by Gasteiger charge is 2.33. The molecule has 0 saturated heterocycles. The van der Waals surface area contributed by atoms with Crippen LogP contribution < -0.4 is 0 Å². The van der Waals surface area contributed by atoms with E-state index in [-0.39, 0.29) is 0 Å². The maximum Gasteiger partial charge on any atom is 0.341 e. The second-order valence-electron chi connectivity index (χ2n) is 4.39. The lowest BCUT2D eigenvalue weighted by molar-refractivity contribution is 1.23. The van der Waals surface area contributed by atoms with Gasteiger partial charge in [-0.1, -0.05) is 25.2 Å². The molecule has 0 saturated carbocycles. The molecule has 0 aliphatic heterocycles. The molecular weight excluding hydrogens is 369 g/mol. The molecule has 9 heteroatoms. The number of rotatable bonds is 6. The van der Waals surface area contributed by atoms with Gasteiger partial charge in [-0.15, -0.1) is 66.5 Å². The van der Waals surface area contributed by atoms with Crippen molar-refractivity contribution in [2.45, 2.75) is 37.3 Å². The molecule has 92 valence electrons. The molecule has 15 heavy (non-hydrogen) atoms. The monoisotopic (exact) mass is 380 g/mol. The number of hydrogen-bond acceptors (Lipinski definition) is 0. The van der Waals surface area contributed by atoms with E-state index in [1.807, 2.05) is 0 Å². The molecule has 0 aliphatic carbocycles. The summed E-state index contributed by atoms with van der Waals surface area (Å²) >= 11 is 35.1. The van der Waals surface area contributed by atoms with Gasteiger partial charge in [-0.05, 0) is 12.1 Å². The lowest BCUT2D eigenvalue weighted by Crippen LogP contribution is -2.29. The first kappa shape index (κ1) is 17.4. The summed E-state index contributed by atoms with van der Waals surface area (Å²) in [5.41, 5.74) is 0. The average molecular weight is 383 g/mol. The van der Waals surface area contributed by atoms with Crippen molar-refractivity contribution < 1.29 is 0 Å². The summed E-state index contributed by atoms with van der Waals surface area (Å²) in [4.78, 5) is 0. The molecular formula is C6H14Cl6Si3. The lowest BCUT2D eigenvalue weighted by Gasteiger charge is -2.24. The third-order valence-electron chi connectivity index (χ3n) is 2.17.